The standard InChI is InChI=1S/C57H40N2S/c1-57(2)50-22-12-9-19-44(50)49-33-40(39-27-31-46-45-20-10-13-23-51(45)59(52(46)34-39)41-17-7-4-8-18-41)35-53(56(49)57)58(42-28-25-38(26-29-42)37-15-5-3-6-16-37)43-30-32-55-48(36-43)47-21-11-14-24-54(47)60-55/h3-36H,1-2H3. The van der Waals surface area contributed by atoms with Crippen LogP contribution in [0.5, 0.6) is 0 Å². The third-order valence-electron chi connectivity index (χ3n) is 12.7. The van der Waals surface area contributed by atoms with Gasteiger partial charge in [-0.05, 0) is 117 Å². The lowest BCUT2D eigenvalue weighted by Gasteiger charge is -2.33. The SMILES string of the molecule is CC1(C)c2ccccc2-c2cc(-c3ccc4c5ccccc5n(-c5ccccc5)c4c3)cc(N(c3ccc(-c4ccccc4)cc3)c3ccc4sc5ccccc5c4c3)c21. The highest BCUT2D eigenvalue weighted by Gasteiger charge is 2.39. The molecule has 11 aromatic rings. The van der Waals surface area contributed by atoms with Gasteiger partial charge < -0.3 is 9.47 Å². The summed E-state index contributed by atoms with van der Waals surface area (Å²) >= 11 is 1.87. The molecule has 0 fully saturated rings. The number of benzene rings is 9. The maximum Gasteiger partial charge on any atom is 0.0547 e. The minimum Gasteiger partial charge on any atom is -0.310 e. The van der Waals surface area contributed by atoms with Gasteiger partial charge in [0.25, 0.3) is 0 Å². The maximum atomic E-state index is 2.52. The zero-order valence-corrected chi connectivity index (χ0v) is 34.2. The maximum absolute atomic E-state index is 2.52. The van der Waals surface area contributed by atoms with E-state index in [1.54, 1.807) is 0 Å². The van der Waals surface area contributed by atoms with E-state index in [1.807, 2.05) is 11.3 Å². The van der Waals surface area contributed by atoms with E-state index in [0.29, 0.717) is 0 Å². The Hall–Kier alpha value is -7.20. The van der Waals surface area contributed by atoms with Gasteiger partial charge in [0.2, 0.25) is 0 Å². The molecule has 0 radical (unpaired) electrons. The highest BCUT2D eigenvalue weighted by Crippen LogP contribution is 2.56. The molecule has 1 aliphatic rings. The summed E-state index contributed by atoms with van der Waals surface area (Å²) in [5.41, 5.74) is 16.9. The first-order valence-electron chi connectivity index (χ1n) is 20.8. The zero-order valence-electron chi connectivity index (χ0n) is 33.4. The monoisotopic (exact) mass is 784 g/mol. The van der Waals surface area contributed by atoms with Crippen molar-refractivity contribution in [2.75, 3.05) is 4.90 Å². The van der Waals surface area contributed by atoms with Crippen LogP contribution in [0.1, 0.15) is 25.0 Å². The quantitative estimate of drug-likeness (QED) is 0.163. The summed E-state index contributed by atoms with van der Waals surface area (Å²) in [4.78, 5) is 2.52. The first kappa shape index (κ1) is 34.8. The lowest BCUT2D eigenvalue weighted by Crippen LogP contribution is -2.20. The Balaban J connectivity index is 1.14. The van der Waals surface area contributed by atoms with Gasteiger partial charge in [0.05, 0.1) is 16.7 Å². The van der Waals surface area contributed by atoms with Gasteiger partial charge in [-0.3, -0.25) is 0 Å². The average Bonchev–Trinajstić information content (AvgIpc) is 3.92. The average molecular weight is 785 g/mol. The van der Waals surface area contributed by atoms with Gasteiger partial charge in [0, 0.05) is 53.4 Å². The molecule has 9 aromatic carbocycles. The van der Waals surface area contributed by atoms with E-state index >= 15 is 0 Å². The van der Waals surface area contributed by atoms with Crippen LogP contribution in [0.25, 0.3) is 81.0 Å². The normalized spacial score (nSPS) is 13.0. The Labute approximate surface area is 353 Å². The summed E-state index contributed by atoms with van der Waals surface area (Å²) in [6.07, 6.45) is 0. The molecule has 0 spiro atoms. The molecule has 3 heteroatoms. The van der Waals surface area contributed by atoms with Crippen molar-refractivity contribution >= 4 is 70.4 Å². The molecular formula is C57H40N2S. The van der Waals surface area contributed by atoms with E-state index in [4.69, 9.17) is 0 Å². The summed E-state index contributed by atoms with van der Waals surface area (Å²) in [5.74, 6) is 0. The minimum absolute atomic E-state index is 0.245. The summed E-state index contributed by atoms with van der Waals surface area (Å²) < 4.78 is 5.03. The third-order valence-corrected chi connectivity index (χ3v) is 13.9. The van der Waals surface area contributed by atoms with Crippen molar-refractivity contribution in [1.82, 2.24) is 4.57 Å². The largest absolute Gasteiger partial charge is 0.310 e. The van der Waals surface area contributed by atoms with E-state index in [1.165, 1.54) is 92.2 Å². The van der Waals surface area contributed by atoms with Crippen LogP contribution in [0.2, 0.25) is 0 Å². The second-order valence-electron chi connectivity index (χ2n) is 16.5. The van der Waals surface area contributed by atoms with Crippen molar-refractivity contribution in [2.45, 2.75) is 19.3 Å². The number of thiophene rings is 1. The molecule has 0 N–H and O–H groups in total. The fourth-order valence-electron chi connectivity index (χ4n) is 9.96. The smallest absolute Gasteiger partial charge is 0.0547 e. The number of rotatable bonds is 6. The lowest BCUT2D eigenvalue weighted by molar-refractivity contribution is 0.661. The first-order valence-corrected chi connectivity index (χ1v) is 21.6. The Bertz CT molecular complexity index is 3450. The summed E-state index contributed by atoms with van der Waals surface area (Å²) in [5, 5.41) is 5.10. The van der Waals surface area contributed by atoms with E-state index in [9.17, 15) is 0 Å². The molecule has 2 aromatic heterocycles. The van der Waals surface area contributed by atoms with Gasteiger partial charge in [-0.25, -0.2) is 0 Å². The predicted octanol–water partition coefficient (Wildman–Crippen LogP) is 16.3. The molecule has 60 heavy (non-hydrogen) atoms. The Morgan fingerprint density at radius 3 is 1.88 bits per heavy atom. The Kier molecular flexibility index (Phi) is 7.79. The van der Waals surface area contributed by atoms with Crippen molar-refractivity contribution < 1.29 is 0 Å². The Morgan fingerprint density at radius 1 is 0.417 bits per heavy atom. The minimum atomic E-state index is -0.245. The number of hydrogen-bond acceptors (Lipinski definition) is 2. The highest BCUT2D eigenvalue weighted by molar-refractivity contribution is 7.25. The fraction of sp³-hybridized carbons (Fsp3) is 0.0526. The van der Waals surface area contributed by atoms with Crippen LogP contribution in [0, 0.1) is 0 Å². The molecule has 0 saturated carbocycles. The topological polar surface area (TPSA) is 8.17 Å². The van der Waals surface area contributed by atoms with Gasteiger partial charge >= 0.3 is 0 Å². The number of nitrogens with zero attached hydrogens (tertiary/aromatic N) is 2. The van der Waals surface area contributed by atoms with Crippen LogP contribution >= 0.6 is 11.3 Å². The molecule has 0 amide bonds. The number of hydrogen-bond donors (Lipinski definition) is 0. The molecule has 2 heterocycles. The first-order chi connectivity index (χ1) is 29.5. The fourth-order valence-corrected chi connectivity index (χ4v) is 11.0. The van der Waals surface area contributed by atoms with Crippen LogP contribution in [-0.2, 0) is 5.41 Å². The second kappa shape index (κ2) is 13.4. The number of anilines is 3. The van der Waals surface area contributed by atoms with Gasteiger partial charge in [0.15, 0.2) is 0 Å². The summed E-state index contributed by atoms with van der Waals surface area (Å²) in [6, 6.07) is 76.2. The molecule has 0 unspecified atom stereocenters. The number of aromatic nitrogens is 1. The van der Waals surface area contributed by atoms with E-state index in [0.717, 1.165) is 17.1 Å². The molecule has 0 bridgehead atoms. The van der Waals surface area contributed by atoms with E-state index in [-0.39, 0.29) is 5.41 Å². The van der Waals surface area contributed by atoms with Gasteiger partial charge in [-0.15, -0.1) is 11.3 Å². The molecule has 0 aliphatic heterocycles. The van der Waals surface area contributed by atoms with Crippen molar-refractivity contribution in [2.24, 2.45) is 0 Å². The van der Waals surface area contributed by atoms with Gasteiger partial charge in [0.1, 0.15) is 0 Å². The molecular weight excluding hydrogens is 745 g/mol. The Morgan fingerprint density at radius 2 is 1.05 bits per heavy atom. The molecule has 2 nitrogen and oxygen atoms in total. The van der Waals surface area contributed by atoms with Crippen molar-refractivity contribution in [3.8, 4) is 39.1 Å². The summed E-state index contributed by atoms with van der Waals surface area (Å²) in [6.45, 7) is 4.80. The summed E-state index contributed by atoms with van der Waals surface area (Å²) in [7, 11) is 0. The second-order valence-corrected chi connectivity index (χ2v) is 17.6. The molecule has 0 atom stereocenters. The van der Waals surface area contributed by atoms with Crippen LogP contribution < -0.4 is 4.90 Å². The highest BCUT2D eigenvalue weighted by atomic mass is 32.1. The van der Waals surface area contributed by atoms with Crippen molar-refractivity contribution in [3.05, 3.63) is 217 Å². The van der Waals surface area contributed by atoms with E-state index < -0.39 is 0 Å². The van der Waals surface area contributed by atoms with Crippen LogP contribution in [0.3, 0.4) is 0 Å². The van der Waals surface area contributed by atoms with Crippen LogP contribution in [-0.4, -0.2) is 4.57 Å². The lowest BCUT2D eigenvalue weighted by atomic mass is 9.80. The van der Waals surface area contributed by atoms with Crippen LogP contribution in [0.15, 0.2) is 206 Å². The third kappa shape index (κ3) is 5.33. The van der Waals surface area contributed by atoms with Crippen LogP contribution in [0.4, 0.5) is 17.1 Å². The molecule has 0 saturated heterocycles. The number of para-hydroxylation sites is 2. The van der Waals surface area contributed by atoms with E-state index in [2.05, 4.69) is 230 Å². The number of fused-ring (bicyclic) bond motifs is 9. The molecule has 12 rings (SSSR count). The van der Waals surface area contributed by atoms with Crippen molar-refractivity contribution in [1.29, 1.82) is 0 Å². The van der Waals surface area contributed by atoms with Gasteiger partial charge in [-0.2, -0.15) is 0 Å². The molecule has 1 aliphatic carbocycles. The zero-order chi connectivity index (χ0) is 40.0. The predicted molar refractivity (Wildman–Crippen MR) is 257 cm³/mol. The van der Waals surface area contributed by atoms with Crippen molar-refractivity contribution in [3.63, 3.8) is 0 Å². The molecule has 284 valence electrons. The van der Waals surface area contributed by atoms with Gasteiger partial charge in [-0.1, -0.05) is 147 Å².